The molecule has 3 aromatic rings. The third-order valence-corrected chi connectivity index (χ3v) is 4.49. The van der Waals surface area contributed by atoms with Crippen LogP contribution in [0.15, 0.2) is 53.1 Å². The molecule has 0 radical (unpaired) electrons. The molecule has 0 aliphatic carbocycles. The zero-order valence-corrected chi connectivity index (χ0v) is 17.4. The second-order valence-corrected chi connectivity index (χ2v) is 7.84. The van der Waals surface area contributed by atoms with Gasteiger partial charge < -0.3 is 14.6 Å². The number of benzene rings is 2. The van der Waals surface area contributed by atoms with E-state index in [2.05, 4.69) is 36.2 Å². The number of nitrogens with one attached hydrogen (secondary N) is 1. The second kappa shape index (κ2) is 8.90. The Labute approximate surface area is 171 Å². The molecule has 2 aromatic carbocycles. The molecule has 0 saturated heterocycles. The van der Waals surface area contributed by atoms with Crippen molar-refractivity contribution in [3.05, 3.63) is 60.0 Å². The molecule has 1 aromatic heterocycles. The maximum absolute atomic E-state index is 12.2. The lowest BCUT2D eigenvalue weighted by molar-refractivity contribution is -0.116. The second-order valence-electron chi connectivity index (χ2n) is 7.84. The Morgan fingerprint density at radius 2 is 1.76 bits per heavy atom. The van der Waals surface area contributed by atoms with Crippen LogP contribution in [0.4, 0.5) is 5.69 Å². The van der Waals surface area contributed by atoms with Crippen molar-refractivity contribution in [2.75, 3.05) is 11.9 Å². The number of aryl methyl sites for hydroxylation is 1. The van der Waals surface area contributed by atoms with Crippen LogP contribution in [0.2, 0.25) is 0 Å². The fraction of sp³-hybridized carbons (Fsp3) is 0.348. The van der Waals surface area contributed by atoms with Gasteiger partial charge in [0.05, 0.1) is 6.61 Å². The van der Waals surface area contributed by atoms with Crippen molar-refractivity contribution in [1.29, 1.82) is 0 Å². The van der Waals surface area contributed by atoms with E-state index in [1.165, 1.54) is 5.56 Å². The minimum atomic E-state index is -0.0886. The zero-order chi connectivity index (χ0) is 20.9. The van der Waals surface area contributed by atoms with Crippen molar-refractivity contribution in [3.8, 4) is 17.1 Å². The van der Waals surface area contributed by atoms with Crippen LogP contribution >= 0.6 is 0 Å². The fourth-order valence-corrected chi connectivity index (χ4v) is 2.84. The van der Waals surface area contributed by atoms with Gasteiger partial charge in [0.2, 0.25) is 17.6 Å². The quantitative estimate of drug-likeness (QED) is 0.611. The summed E-state index contributed by atoms with van der Waals surface area (Å²) in [5, 5.41) is 6.90. The summed E-state index contributed by atoms with van der Waals surface area (Å²) >= 11 is 0. The van der Waals surface area contributed by atoms with Gasteiger partial charge in [0.15, 0.2) is 0 Å². The number of carbonyl (C=O) groups is 1. The molecule has 1 amide bonds. The molecule has 0 unspecified atom stereocenters. The van der Waals surface area contributed by atoms with E-state index in [1.807, 2.05) is 55.5 Å². The van der Waals surface area contributed by atoms with Crippen LogP contribution in [0.1, 0.15) is 45.6 Å². The van der Waals surface area contributed by atoms with Crippen LogP contribution in [0.3, 0.4) is 0 Å². The molecule has 0 atom stereocenters. The highest BCUT2D eigenvalue weighted by atomic mass is 16.5. The summed E-state index contributed by atoms with van der Waals surface area (Å²) in [7, 11) is 0. The number of rotatable bonds is 7. The molecule has 0 aliphatic rings. The Morgan fingerprint density at radius 3 is 2.38 bits per heavy atom. The third-order valence-electron chi connectivity index (χ3n) is 4.49. The van der Waals surface area contributed by atoms with Gasteiger partial charge in [0.1, 0.15) is 5.75 Å². The molecule has 0 saturated carbocycles. The van der Waals surface area contributed by atoms with E-state index < -0.39 is 0 Å². The van der Waals surface area contributed by atoms with Crippen LogP contribution in [0.25, 0.3) is 11.4 Å². The molecule has 152 valence electrons. The molecule has 0 spiro atoms. The Morgan fingerprint density at radius 1 is 1.07 bits per heavy atom. The molecule has 0 aliphatic heterocycles. The predicted octanol–water partition coefficient (Wildman–Crippen LogP) is 5.00. The average molecular weight is 393 g/mol. The topological polar surface area (TPSA) is 77.2 Å². The zero-order valence-electron chi connectivity index (χ0n) is 17.4. The molecule has 1 N–H and O–H groups in total. The minimum absolute atomic E-state index is 0.0849. The molecular formula is C23H27N3O3. The van der Waals surface area contributed by atoms with E-state index in [0.717, 1.165) is 17.0 Å². The molecule has 6 heteroatoms. The first-order valence-electron chi connectivity index (χ1n) is 9.81. The number of carbonyl (C=O) groups excluding carboxylic acids is 1. The highest BCUT2D eigenvalue weighted by molar-refractivity contribution is 5.90. The molecule has 3 rings (SSSR count). The number of hydrogen-bond acceptors (Lipinski definition) is 5. The number of amides is 1. The van der Waals surface area contributed by atoms with Gasteiger partial charge in [0, 0.05) is 24.1 Å². The van der Waals surface area contributed by atoms with Crippen molar-refractivity contribution < 1.29 is 14.1 Å². The largest absolute Gasteiger partial charge is 0.494 e. The first-order valence-corrected chi connectivity index (χ1v) is 9.81. The maximum Gasteiger partial charge on any atom is 0.227 e. The number of ether oxygens (including phenoxy) is 1. The maximum atomic E-state index is 12.2. The van der Waals surface area contributed by atoms with Crippen LogP contribution in [-0.2, 0) is 16.6 Å². The molecule has 1 heterocycles. The van der Waals surface area contributed by atoms with Crippen molar-refractivity contribution in [2.45, 2.75) is 46.0 Å². The lowest BCUT2D eigenvalue weighted by atomic mass is 9.87. The molecular weight excluding hydrogens is 366 g/mol. The van der Waals surface area contributed by atoms with Gasteiger partial charge in [-0.2, -0.15) is 4.98 Å². The SMILES string of the molecule is CCOc1ccc(-c2noc(CCC(=O)Nc3ccc(C(C)(C)C)cc3)n2)cc1. The lowest BCUT2D eigenvalue weighted by Gasteiger charge is -2.19. The van der Waals surface area contributed by atoms with Crippen molar-refractivity contribution in [1.82, 2.24) is 10.1 Å². The van der Waals surface area contributed by atoms with Crippen molar-refractivity contribution in [3.63, 3.8) is 0 Å². The van der Waals surface area contributed by atoms with E-state index in [-0.39, 0.29) is 17.7 Å². The summed E-state index contributed by atoms with van der Waals surface area (Å²) in [5.74, 6) is 1.65. The first kappa shape index (κ1) is 20.6. The summed E-state index contributed by atoms with van der Waals surface area (Å²) in [6.45, 7) is 9.04. The van der Waals surface area contributed by atoms with Crippen LogP contribution < -0.4 is 10.1 Å². The van der Waals surface area contributed by atoms with Gasteiger partial charge in [-0.1, -0.05) is 38.1 Å². The number of aromatic nitrogens is 2. The van der Waals surface area contributed by atoms with Gasteiger partial charge in [-0.15, -0.1) is 0 Å². The third kappa shape index (κ3) is 5.67. The minimum Gasteiger partial charge on any atom is -0.494 e. The van der Waals surface area contributed by atoms with Gasteiger partial charge in [-0.3, -0.25) is 4.79 Å². The van der Waals surface area contributed by atoms with Crippen LogP contribution in [0, 0.1) is 0 Å². The predicted molar refractivity (Wildman–Crippen MR) is 113 cm³/mol. The fourth-order valence-electron chi connectivity index (χ4n) is 2.84. The molecule has 29 heavy (non-hydrogen) atoms. The summed E-state index contributed by atoms with van der Waals surface area (Å²) in [6, 6.07) is 15.4. The molecule has 0 fully saturated rings. The lowest BCUT2D eigenvalue weighted by Crippen LogP contribution is -2.14. The van der Waals surface area contributed by atoms with E-state index in [0.29, 0.717) is 24.7 Å². The number of nitrogens with zero attached hydrogens (tertiary/aromatic N) is 2. The Balaban J connectivity index is 1.53. The van der Waals surface area contributed by atoms with E-state index in [4.69, 9.17) is 9.26 Å². The summed E-state index contributed by atoms with van der Waals surface area (Å²) < 4.78 is 10.7. The Kier molecular flexibility index (Phi) is 6.32. The smallest absolute Gasteiger partial charge is 0.227 e. The summed E-state index contributed by atoms with van der Waals surface area (Å²) in [5.41, 5.74) is 2.93. The van der Waals surface area contributed by atoms with Crippen LogP contribution in [0.5, 0.6) is 5.75 Å². The van der Waals surface area contributed by atoms with Crippen LogP contribution in [-0.4, -0.2) is 22.7 Å². The Bertz CT molecular complexity index is 939. The summed E-state index contributed by atoms with van der Waals surface area (Å²) in [4.78, 5) is 16.6. The normalized spacial score (nSPS) is 11.3. The van der Waals surface area contributed by atoms with Gasteiger partial charge in [-0.25, -0.2) is 0 Å². The number of anilines is 1. The van der Waals surface area contributed by atoms with Crippen molar-refractivity contribution in [2.24, 2.45) is 0 Å². The average Bonchev–Trinajstić information content (AvgIpc) is 3.16. The molecule has 0 bridgehead atoms. The Hall–Kier alpha value is -3.15. The summed E-state index contributed by atoms with van der Waals surface area (Å²) in [6.07, 6.45) is 0.655. The first-order chi connectivity index (χ1) is 13.8. The number of hydrogen-bond donors (Lipinski definition) is 1. The van der Waals surface area contributed by atoms with Gasteiger partial charge in [0.25, 0.3) is 0 Å². The molecule has 6 nitrogen and oxygen atoms in total. The van der Waals surface area contributed by atoms with E-state index in [1.54, 1.807) is 0 Å². The van der Waals surface area contributed by atoms with Gasteiger partial charge >= 0.3 is 0 Å². The standard InChI is InChI=1S/C23H27N3O3/c1-5-28-19-12-6-16(7-13-19)22-25-21(29-26-22)15-14-20(27)24-18-10-8-17(9-11-18)23(2,3)4/h6-13H,5,14-15H2,1-4H3,(H,24,27). The van der Waals surface area contributed by atoms with Gasteiger partial charge in [-0.05, 0) is 54.3 Å². The van der Waals surface area contributed by atoms with Crippen molar-refractivity contribution >= 4 is 11.6 Å². The monoisotopic (exact) mass is 393 g/mol. The highest BCUT2D eigenvalue weighted by Crippen LogP contribution is 2.24. The highest BCUT2D eigenvalue weighted by Gasteiger charge is 2.14. The van der Waals surface area contributed by atoms with E-state index in [9.17, 15) is 4.79 Å². The van der Waals surface area contributed by atoms with E-state index >= 15 is 0 Å².